The van der Waals surface area contributed by atoms with Crippen molar-refractivity contribution in [1.82, 2.24) is 14.8 Å². The SMILES string of the molecule is Cc1cc(OC(=O)c2cncc(Cl)c2)n(C(C)c2ccc(Cl)c(Cl)c2)n1. The second-order valence-corrected chi connectivity index (χ2v) is 6.95. The van der Waals surface area contributed by atoms with Crippen molar-refractivity contribution in [2.24, 2.45) is 0 Å². The van der Waals surface area contributed by atoms with Crippen molar-refractivity contribution >= 4 is 40.8 Å². The van der Waals surface area contributed by atoms with Gasteiger partial charge in [0.25, 0.3) is 0 Å². The van der Waals surface area contributed by atoms with Crippen molar-refractivity contribution in [2.45, 2.75) is 19.9 Å². The largest absolute Gasteiger partial charge is 0.404 e. The van der Waals surface area contributed by atoms with Crippen LogP contribution in [0.4, 0.5) is 0 Å². The summed E-state index contributed by atoms with van der Waals surface area (Å²) in [5.41, 5.74) is 1.85. The number of nitrogens with zero attached hydrogens (tertiary/aromatic N) is 3. The van der Waals surface area contributed by atoms with E-state index < -0.39 is 5.97 Å². The molecule has 5 nitrogen and oxygen atoms in total. The Hall–Kier alpha value is -2.08. The topological polar surface area (TPSA) is 57.0 Å². The van der Waals surface area contributed by atoms with E-state index in [1.54, 1.807) is 22.9 Å². The summed E-state index contributed by atoms with van der Waals surface area (Å²) in [5.74, 6) is -0.256. The highest BCUT2D eigenvalue weighted by atomic mass is 35.5. The van der Waals surface area contributed by atoms with E-state index in [1.165, 1.54) is 18.5 Å². The number of hydrogen-bond donors (Lipinski definition) is 0. The van der Waals surface area contributed by atoms with E-state index in [0.717, 1.165) is 5.56 Å². The molecule has 3 aromatic rings. The number of carbonyl (C=O) groups is 1. The minimum atomic E-state index is -0.567. The summed E-state index contributed by atoms with van der Waals surface area (Å²) >= 11 is 18.0. The molecule has 1 aromatic carbocycles. The number of carbonyl (C=O) groups excluding carboxylic acids is 1. The Morgan fingerprint density at radius 1 is 1.12 bits per heavy atom. The van der Waals surface area contributed by atoms with Crippen LogP contribution in [0.2, 0.25) is 15.1 Å². The molecule has 1 unspecified atom stereocenters. The van der Waals surface area contributed by atoms with Gasteiger partial charge in [-0.25, -0.2) is 9.48 Å². The third-order valence-electron chi connectivity index (χ3n) is 3.75. The van der Waals surface area contributed by atoms with Gasteiger partial charge >= 0.3 is 5.97 Å². The molecular formula is C18H14Cl3N3O2. The van der Waals surface area contributed by atoms with E-state index >= 15 is 0 Å². The second kappa shape index (κ2) is 7.66. The fourth-order valence-electron chi connectivity index (χ4n) is 2.44. The Morgan fingerprint density at radius 2 is 1.88 bits per heavy atom. The van der Waals surface area contributed by atoms with E-state index in [2.05, 4.69) is 10.1 Å². The molecule has 134 valence electrons. The van der Waals surface area contributed by atoms with Gasteiger partial charge in [0.1, 0.15) is 0 Å². The van der Waals surface area contributed by atoms with Gasteiger partial charge in [0.05, 0.1) is 32.4 Å². The van der Waals surface area contributed by atoms with Crippen LogP contribution in [0.5, 0.6) is 5.88 Å². The zero-order valence-electron chi connectivity index (χ0n) is 13.9. The van der Waals surface area contributed by atoms with Crippen LogP contribution in [0, 0.1) is 6.92 Å². The maximum absolute atomic E-state index is 12.4. The lowest BCUT2D eigenvalue weighted by Crippen LogP contribution is -2.15. The normalized spacial score (nSPS) is 12.0. The highest BCUT2D eigenvalue weighted by Crippen LogP contribution is 2.30. The first-order valence-corrected chi connectivity index (χ1v) is 8.82. The van der Waals surface area contributed by atoms with Gasteiger partial charge in [-0.1, -0.05) is 40.9 Å². The minimum absolute atomic E-state index is 0.223. The summed E-state index contributed by atoms with van der Waals surface area (Å²) in [7, 11) is 0. The molecule has 0 aliphatic carbocycles. The maximum Gasteiger partial charge on any atom is 0.346 e. The van der Waals surface area contributed by atoms with E-state index in [1.807, 2.05) is 19.9 Å². The Balaban J connectivity index is 1.90. The molecule has 8 heteroatoms. The molecule has 0 amide bonds. The molecule has 2 aromatic heterocycles. The molecule has 3 rings (SSSR count). The predicted molar refractivity (Wildman–Crippen MR) is 101 cm³/mol. The van der Waals surface area contributed by atoms with Crippen LogP contribution in [0.1, 0.15) is 34.6 Å². The third-order valence-corrected chi connectivity index (χ3v) is 4.70. The van der Waals surface area contributed by atoms with Crippen LogP contribution in [0.25, 0.3) is 0 Å². The molecule has 0 aliphatic heterocycles. The summed E-state index contributed by atoms with van der Waals surface area (Å²) in [6.45, 7) is 3.74. The van der Waals surface area contributed by atoms with Crippen LogP contribution in [-0.2, 0) is 0 Å². The molecule has 26 heavy (non-hydrogen) atoms. The zero-order valence-corrected chi connectivity index (χ0v) is 16.2. The van der Waals surface area contributed by atoms with Crippen LogP contribution < -0.4 is 4.74 Å². The molecule has 0 bridgehead atoms. The molecule has 0 fully saturated rings. The van der Waals surface area contributed by atoms with Gasteiger partial charge in [0, 0.05) is 18.5 Å². The van der Waals surface area contributed by atoms with Crippen molar-refractivity contribution in [3.63, 3.8) is 0 Å². The van der Waals surface area contributed by atoms with E-state index in [4.69, 9.17) is 39.5 Å². The number of pyridine rings is 1. The highest BCUT2D eigenvalue weighted by molar-refractivity contribution is 6.42. The van der Waals surface area contributed by atoms with Gasteiger partial charge in [0.15, 0.2) is 0 Å². The first kappa shape index (κ1) is 18.7. The molecule has 0 spiro atoms. The number of aromatic nitrogens is 3. The molecule has 1 atom stereocenters. The van der Waals surface area contributed by atoms with Crippen molar-refractivity contribution in [3.05, 3.63) is 74.6 Å². The third kappa shape index (κ3) is 4.01. The number of benzene rings is 1. The van der Waals surface area contributed by atoms with E-state index in [-0.39, 0.29) is 11.6 Å². The number of hydrogen-bond acceptors (Lipinski definition) is 4. The molecular weight excluding hydrogens is 397 g/mol. The second-order valence-electron chi connectivity index (χ2n) is 5.70. The van der Waals surface area contributed by atoms with Gasteiger partial charge in [-0.05, 0) is 37.6 Å². The van der Waals surface area contributed by atoms with Gasteiger partial charge < -0.3 is 4.74 Å². The minimum Gasteiger partial charge on any atom is -0.404 e. The average Bonchev–Trinajstić information content (AvgIpc) is 2.97. The Labute approximate surface area is 165 Å². The lowest BCUT2D eigenvalue weighted by molar-refractivity contribution is 0.0716. The smallest absolute Gasteiger partial charge is 0.346 e. The van der Waals surface area contributed by atoms with Gasteiger partial charge in [-0.2, -0.15) is 5.10 Å². The first-order chi connectivity index (χ1) is 12.3. The van der Waals surface area contributed by atoms with E-state index in [9.17, 15) is 4.79 Å². The van der Waals surface area contributed by atoms with Crippen molar-refractivity contribution in [2.75, 3.05) is 0 Å². The fourth-order valence-corrected chi connectivity index (χ4v) is 2.92. The van der Waals surface area contributed by atoms with Gasteiger partial charge in [-0.15, -0.1) is 0 Å². The number of ether oxygens (including phenoxy) is 1. The zero-order chi connectivity index (χ0) is 18.8. The quantitative estimate of drug-likeness (QED) is 0.542. The molecule has 0 saturated heterocycles. The standard InChI is InChI=1S/C18H14Cl3N3O2/c1-10-5-17(26-18(25)13-6-14(19)9-22-8-13)24(23-10)11(2)12-3-4-15(20)16(21)7-12/h3-9,11H,1-2H3. The Bertz CT molecular complexity index is 972. The van der Waals surface area contributed by atoms with Crippen molar-refractivity contribution in [1.29, 1.82) is 0 Å². The number of rotatable bonds is 4. The van der Waals surface area contributed by atoms with Gasteiger partial charge in [0.2, 0.25) is 5.88 Å². The van der Waals surface area contributed by atoms with Gasteiger partial charge in [-0.3, -0.25) is 4.98 Å². The first-order valence-electron chi connectivity index (χ1n) is 7.69. The monoisotopic (exact) mass is 409 g/mol. The van der Waals surface area contributed by atoms with Crippen LogP contribution in [0.15, 0.2) is 42.7 Å². The van der Waals surface area contributed by atoms with Crippen molar-refractivity contribution in [3.8, 4) is 5.88 Å². The number of esters is 1. The number of aryl methyl sites for hydroxylation is 1. The van der Waals surface area contributed by atoms with Crippen LogP contribution >= 0.6 is 34.8 Å². The lowest BCUT2D eigenvalue weighted by atomic mass is 10.1. The van der Waals surface area contributed by atoms with Crippen LogP contribution in [0.3, 0.4) is 0 Å². The Kier molecular flexibility index (Phi) is 5.51. The summed E-state index contributed by atoms with van der Waals surface area (Å²) in [4.78, 5) is 16.3. The van der Waals surface area contributed by atoms with Crippen LogP contribution in [-0.4, -0.2) is 20.7 Å². The molecule has 2 heterocycles. The summed E-state index contributed by atoms with van der Waals surface area (Å²) in [6, 6.07) is 8.28. The average molecular weight is 411 g/mol. The number of halogens is 3. The lowest BCUT2D eigenvalue weighted by Gasteiger charge is -2.16. The fraction of sp³-hybridized carbons (Fsp3) is 0.167. The molecule has 0 radical (unpaired) electrons. The molecule has 0 saturated carbocycles. The summed E-state index contributed by atoms with van der Waals surface area (Å²) < 4.78 is 7.12. The van der Waals surface area contributed by atoms with Crippen molar-refractivity contribution < 1.29 is 9.53 Å². The highest BCUT2D eigenvalue weighted by Gasteiger charge is 2.19. The molecule has 0 aliphatic rings. The van der Waals surface area contributed by atoms with E-state index in [0.29, 0.717) is 26.6 Å². The summed E-state index contributed by atoms with van der Waals surface area (Å²) in [5, 5.41) is 5.70. The maximum atomic E-state index is 12.4. The predicted octanol–water partition coefficient (Wildman–Crippen LogP) is 5.38. The molecule has 0 N–H and O–H groups in total. The summed E-state index contributed by atoms with van der Waals surface area (Å²) in [6.07, 6.45) is 2.84. The Morgan fingerprint density at radius 3 is 2.58 bits per heavy atom.